The summed E-state index contributed by atoms with van der Waals surface area (Å²) in [5.41, 5.74) is 3.06. The van der Waals surface area contributed by atoms with E-state index < -0.39 is 0 Å². The fourth-order valence-corrected chi connectivity index (χ4v) is 3.74. The molecule has 2 heterocycles. The molecule has 1 aliphatic heterocycles. The zero-order chi connectivity index (χ0) is 22.0. The number of hydrogen-bond acceptors (Lipinski definition) is 3. The molecule has 0 saturated carbocycles. The number of para-hydroxylation sites is 1. The number of anilines is 2. The third-order valence-electron chi connectivity index (χ3n) is 5.51. The van der Waals surface area contributed by atoms with Crippen LogP contribution in [0.5, 0.6) is 0 Å². The molecule has 1 N–H and O–H groups in total. The number of amides is 2. The predicted octanol–water partition coefficient (Wildman–Crippen LogP) is 3.26. The summed E-state index contributed by atoms with van der Waals surface area (Å²) in [7, 11) is 1.78. The minimum atomic E-state index is -0.384. The smallest absolute Gasteiger partial charge is 0.295 e. The van der Waals surface area contributed by atoms with E-state index in [0.717, 1.165) is 29.9 Å². The van der Waals surface area contributed by atoms with Crippen LogP contribution in [0.3, 0.4) is 0 Å². The van der Waals surface area contributed by atoms with Crippen molar-refractivity contribution in [1.82, 2.24) is 9.36 Å². The lowest BCUT2D eigenvalue weighted by Crippen LogP contribution is -2.23. The average molecular weight is 416 g/mol. The van der Waals surface area contributed by atoms with Gasteiger partial charge < -0.3 is 10.2 Å². The molecular formula is C24H24N4O3. The molecule has 1 aliphatic rings. The molecule has 2 amide bonds. The Kier molecular flexibility index (Phi) is 5.58. The van der Waals surface area contributed by atoms with Gasteiger partial charge in [0.25, 0.3) is 5.56 Å². The summed E-state index contributed by atoms with van der Waals surface area (Å²) >= 11 is 0. The summed E-state index contributed by atoms with van der Waals surface area (Å²) in [6.07, 6.45) is 4.55. The highest BCUT2D eigenvalue weighted by atomic mass is 16.2. The van der Waals surface area contributed by atoms with E-state index in [1.807, 2.05) is 54.6 Å². The number of carbonyl (C=O) groups is 2. The van der Waals surface area contributed by atoms with Crippen LogP contribution in [-0.2, 0) is 16.6 Å². The van der Waals surface area contributed by atoms with E-state index in [0.29, 0.717) is 12.1 Å². The second-order valence-corrected chi connectivity index (χ2v) is 7.50. The van der Waals surface area contributed by atoms with Crippen LogP contribution in [0.2, 0.25) is 0 Å². The first kappa shape index (κ1) is 20.4. The molecule has 0 atom stereocenters. The molecule has 7 heteroatoms. The Morgan fingerprint density at radius 3 is 2.35 bits per heavy atom. The van der Waals surface area contributed by atoms with Gasteiger partial charge in [-0.3, -0.25) is 19.1 Å². The molecule has 0 unspecified atom stereocenters. The molecule has 0 aliphatic carbocycles. The Balaban J connectivity index is 1.48. The number of carbonyl (C=O) groups excluding carboxylic acids is 2. The molecule has 2 aromatic carbocycles. The number of nitrogens with one attached hydrogen (secondary N) is 1. The molecular weight excluding hydrogens is 392 g/mol. The number of benzene rings is 2. The van der Waals surface area contributed by atoms with Crippen LogP contribution in [0.15, 0.2) is 65.5 Å². The maximum absolute atomic E-state index is 12.9. The predicted molar refractivity (Wildman–Crippen MR) is 121 cm³/mol. The van der Waals surface area contributed by atoms with E-state index in [-0.39, 0.29) is 23.1 Å². The zero-order valence-corrected chi connectivity index (χ0v) is 17.5. The average Bonchev–Trinajstić information content (AvgIpc) is 3.30. The maximum Gasteiger partial charge on any atom is 0.295 e. The van der Waals surface area contributed by atoms with Crippen LogP contribution in [0.4, 0.5) is 11.4 Å². The highest BCUT2D eigenvalue weighted by Crippen LogP contribution is 2.22. The quantitative estimate of drug-likeness (QED) is 0.649. The van der Waals surface area contributed by atoms with E-state index in [1.165, 1.54) is 10.8 Å². The summed E-state index contributed by atoms with van der Waals surface area (Å²) in [4.78, 5) is 39.0. The molecule has 1 aromatic heterocycles. The summed E-state index contributed by atoms with van der Waals surface area (Å²) in [5.74, 6) is -0.244. The molecule has 158 valence electrons. The van der Waals surface area contributed by atoms with Crippen LogP contribution < -0.4 is 15.8 Å². The van der Waals surface area contributed by atoms with Crippen molar-refractivity contribution >= 4 is 29.3 Å². The molecule has 0 spiro atoms. The molecule has 4 rings (SSSR count). The first-order valence-corrected chi connectivity index (χ1v) is 10.2. The van der Waals surface area contributed by atoms with Gasteiger partial charge in [-0.2, -0.15) is 0 Å². The first-order valence-electron chi connectivity index (χ1n) is 10.2. The van der Waals surface area contributed by atoms with Gasteiger partial charge in [0.1, 0.15) is 5.69 Å². The molecule has 31 heavy (non-hydrogen) atoms. The Labute approximate surface area is 180 Å². The summed E-state index contributed by atoms with van der Waals surface area (Å²) < 4.78 is 3.24. The van der Waals surface area contributed by atoms with Crippen LogP contribution in [0.25, 0.3) is 11.8 Å². The molecule has 0 radical (unpaired) electrons. The molecule has 3 aromatic rings. The lowest BCUT2D eigenvalue weighted by atomic mass is 10.2. The second kappa shape index (κ2) is 8.47. The fraction of sp³-hybridized carbons (Fsp3) is 0.208. The van der Waals surface area contributed by atoms with Crippen LogP contribution in [-0.4, -0.2) is 27.7 Å². The van der Waals surface area contributed by atoms with Crippen molar-refractivity contribution < 1.29 is 9.59 Å². The van der Waals surface area contributed by atoms with Crippen LogP contribution >= 0.6 is 0 Å². The minimum absolute atomic E-state index is 0.141. The van der Waals surface area contributed by atoms with Crippen LogP contribution in [0.1, 0.15) is 24.1 Å². The molecule has 7 nitrogen and oxygen atoms in total. The van der Waals surface area contributed by atoms with Gasteiger partial charge in [0.05, 0.1) is 11.4 Å². The van der Waals surface area contributed by atoms with Crippen molar-refractivity contribution in [1.29, 1.82) is 0 Å². The largest absolute Gasteiger partial charge is 0.316 e. The standard InChI is InChI=1S/C24H24N4O3/c1-17-23(24(31)28(26(17)2)20-7-4-3-5-8-20)25-21(29)15-12-18-10-13-19(14-11-18)27-16-6-9-22(27)30/h3-5,7-8,10-15H,6,9,16H2,1-2H3,(H,25,29)/b15-12+. The Bertz CT molecular complexity index is 1200. The number of hydrogen-bond donors (Lipinski definition) is 1. The van der Waals surface area contributed by atoms with Gasteiger partial charge in [-0.15, -0.1) is 0 Å². The van der Waals surface area contributed by atoms with Gasteiger partial charge in [-0.25, -0.2) is 4.68 Å². The van der Waals surface area contributed by atoms with Crippen molar-refractivity contribution in [2.24, 2.45) is 7.05 Å². The normalized spacial score (nSPS) is 13.9. The topological polar surface area (TPSA) is 76.3 Å². The highest BCUT2D eigenvalue weighted by molar-refractivity contribution is 6.02. The lowest BCUT2D eigenvalue weighted by Gasteiger charge is -2.15. The van der Waals surface area contributed by atoms with Crippen molar-refractivity contribution in [3.63, 3.8) is 0 Å². The number of nitrogens with zero attached hydrogens (tertiary/aromatic N) is 3. The van der Waals surface area contributed by atoms with Crippen molar-refractivity contribution in [3.05, 3.63) is 82.3 Å². The van der Waals surface area contributed by atoms with Crippen molar-refractivity contribution in [2.45, 2.75) is 19.8 Å². The van der Waals surface area contributed by atoms with Gasteiger partial charge in [-0.1, -0.05) is 30.3 Å². The summed E-state index contributed by atoms with van der Waals surface area (Å²) in [6, 6.07) is 16.7. The van der Waals surface area contributed by atoms with E-state index in [2.05, 4.69) is 5.32 Å². The minimum Gasteiger partial charge on any atom is -0.316 e. The second-order valence-electron chi connectivity index (χ2n) is 7.50. The number of aromatic nitrogens is 2. The van der Waals surface area contributed by atoms with Crippen LogP contribution in [0, 0.1) is 6.92 Å². The van der Waals surface area contributed by atoms with E-state index in [4.69, 9.17) is 0 Å². The summed E-state index contributed by atoms with van der Waals surface area (Å²) in [5, 5.41) is 2.71. The first-order chi connectivity index (χ1) is 15.0. The third-order valence-corrected chi connectivity index (χ3v) is 5.51. The number of rotatable bonds is 5. The van der Waals surface area contributed by atoms with E-state index in [1.54, 1.807) is 29.6 Å². The van der Waals surface area contributed by atoms with Gasteiger partial charge in [0, 0.05) is 31.8 Å². The highest BCUT2D eigenvalue weighted by Gasteiger charge is 2.21. The van der Waals surface area contributed by atoms with E-state index in [9.17, 15) is 14.4 Å². The van der Waals surface area contributed by atoms with Crippen molar-refractivity contribution in [3.8, 4) is 5.69 Å². The van der Waals surface area contributed by atoms with E-state index >= 15 is 0 Å². The molecule has 0 bridgehead atoms. The van der Waals surface area contributed by atoms with Gasteiger partial charge in [0.2, 0.25) is 11.8 Å². The Hall–Kier alpha value is -3.87. The fourth-order valence-electron chi connectivity index (χ4n) is 3.74. The van der Waals surface area contributed by atoms with Crippen molar-refractivity contribution in [2.75, 3.05) is 16.8 Å². The molecule has 1 saturated heterocycles. The zero-order valence-electron chi connectivity index (χ0n) is 17.5. The SMILES string of the molecule is Cc1c(NC(=O)/C=C/c2ccc(N3CCCC3=O)cc2)c(=O)n(-c2ccccc2)n1C. The summed E-state index contributed by atoms with van der Waals surface area (Å²) in [6.45, 7) is 2.53. The monoisotopic (exact) mass is 416 g/mol. The maximum atomic E-state index is 12.9. The Morgan fingerprint density at radius 2 is 1.71 bits per heavy atom. The van der Waals surface area contributed by atoms with Gasteiger partial charge in [0.15, 0.2) is 0 Å². The lowest BCUT2D eigenvalue weighted by molar-refractivity contribution is -0.117. The third kappa shape index (κ3) is 4.07. The van der Waals surface area contributed by atoms with Gasteiger partial charge >= 0.3 is 0 Å². The van der Waals surface area contributed by atoms with Gasteiger partial charge in [-0.05, 0) is 49.2 Å². The molecule has 1 fully saturated rings. The Morgan fingerprint density at radius 1 is 1.00 bits per heavy atom.